The molecule has 0 spiro atoms. The highest BCUT2D eigenvalue weighted by Crippen LogP contribution is 2.23. The van der Waals surface area contributed by atoms with Gasteiger partial charge in [-0.2, -0.15) is 0 Å². The molecule has 0 aliphatic carbocycles. The summed E-state index contributed by atoms with van der Waals surface area (Å²) in [5.74, 6) is 1.75. The molecule has 0 bridgehead atoms. The van der Waals surface area contributed by atoms with Crippen molar-refractivity contribution >= 4 is 11.8 Å². The van der Waals surface area contributed by atoms with Crippen molar-refractivity contribution in [1.29, 1.82) is 0 Å². The van der Waals surface area contributed by atoms with Crippen molar-refractivity contribution in [3.05, 3.63) is 18.1 Å². The van der Waals surface area contributed by atoms with Crippen LogP contribution in [-0.4, -0.2) is 23.5 Å². The summed E-state index contributed by atoms with van der Waals surface area (Å²) in [5, 5.41) is 8.64. The van der Waals surface area contributed by atoms with Gasteiger partial charge in [0.15, 0.2) is 0 Å². The molecule has 3 N–H and O–H groups in total. The van der Waals surface area contributed by atoms with E-state index in [2.05, 4.69) is 0 Å². The quantitative estimate of drug-likeness (QED) is 0.707. The first-order valence-corrected chi connectivity index (χ1v) is 5.26. The number of furan rings is 1. The molecule has 4 heteroatoms. The van der Waals surface area contributed by atoms with Gasteiger partial charge in [0.25, 0.3) is 0 Å². The van der Waals surface area contributed by atoms with E-state index in [9.17, 15) is 0 Å². The van der Waals surface area contributed by atoms with Crippen LogP contribution in [0.15, 0.2) is 21.6 Å². The third-order valence-corrected chi connectivity index (χ3v) is 3.09. The molecule has 1 unspecified atom stereocenters. The lowest BCUT2D eigenvalue weighted by Crippen LogP contribution is -2.23. The zero-order valence-electron chi connectivity index (χ0n) is 7.69. The topological polar surface area (TPSA) is 59.4 Å². The van der Waals surface area contributed by atoms with Crippen molar-refractivity contribution in [3.63, 3.8) is 0 Å². The van der Waals surface area contributed by atoms with E-state index in [0.29, 0.717) is 6.42 Å². The molecule has 0 amide bonds. The van der Waals surface area contributed by atoms with Crippen molar-refractivity contribution in [2.45, 2.75) is 24.3 Å². The normalized spacial score (nSPS) is 13.2. The fourth-order valence-electron chi connectivity index (χ4n) is 0.969. The van der Waals surface area contributed by atoms with E-state index in [-0.39, 0.29) is 12.6 Å². The molecular weight excluding hydrogens is 186 g/mol. The number of aliphatic hydroxyl groups excluding tert-OH is 1. The summed E-state index contributed by atoms with van der Waals surface area (Å²) in [6, 6.07) is 2.00. The van der Waals surface area contributed by atoms with Gasteiger partial charge >= 0.3 is 0 Å². The summed E-state index contributed by atoms with van der Waals surface area (Å²) in [6.07, 6.45) is 2.33. The summed E-state index contributed by atoms with van der Waals surface area (Å²) in [7, 11) is 0. The third-order valence-electron chi connectivity index (χ3n) is 1.76. The van der Waals surface area contributed by atoms with Crippen LogP contribution >= 0.6 is 11.8 Å². The number of thioether (sulfide) groups is 1. The molecule has 13 heavy (non-hydrogen) atoms. The molecule has 1 atom stereocenters. The lowest BCUT2D eigenvalue weighted by molar-refractivity contribution is 0.279. The average molecular weight is 201 g/mol. The van der Waals surface area contributed by atoms with Gasteiger partial charge in [0.2, 0.25) is 0 Å². The Labute approximate surface area is 82.3 Å². The van der Waals surface area contributed by atoms with Crippen LogP contribution in [0.25, 0.3) is 0 Å². The van der Waals surface area contributed by atoms with Gasteiger partial charge in [0.05, 0.1) is 6.26 Å². The smallest absolute Gasteiger partial charge is 0.114 e. The van der Waals surface area contributed by atoms with Gasteiger partial charge in [0, 0.05) is 23.3 Å². The number of rotatable bonds is 5. The standard InChI is InChI=1S/C9H15NO2S/c1-7-9(3-5-12-7)13-6-8(10)2-4-11/h3,5,8,11H,2,4,6,10H2,1H3. The molecule has 1 aromatic heterocycles. The number of aryl methyl sites for hydroxylation is 1. The van der Waals surface area contributed by atoms with E-state index in [1.165, 1.54) is 0 Å². The highest BCUT2D eigenvalue weighted by molar-refractivity contribution is 7.99. The minimum atomic E-state index is 0.0595. The van der Waals surface area contributed by atoms with Crippen molar-refractivity contribution in [3.8, 4) is 0 Å². The summed E-state index contributed by atoms with van der Waals surface area (Å²) in [6.45, 7) is 2.09. The van der Waals surface area contributed by atoms with Gasteiger partial charge in [-0.15, -0.1) is 11.8 Å². The largest absolute Gasteiger partial charge is 0.468 e. The van der Waals surface area contributed by atoms with E-state index in [1.54, 1.807) is 18.0 Å². The molecule has 0 aromatic carbocycles. The van der Waals surface area contributed by atoms with Gasteiger partial charge in [-0.3, -0.25) is 0 Å². The van der Waals surface area contributed by atoms with Crippen LogP contribution in [0.4, 0.5) is 0 Å². The third kappa shape index (κ3) is 3.42. The van der Waals surface area contributed by atoms with Crippen LogP contribution in [-0.2, 0) is 0 Å². The predicted octanol–water partition coefficient (Wildman–Crippen LogP) is 1.39. The fraction of sp³-hybridized carbons (Fsp3) is 0.556. The van der Waals surface area contributed by atoms with E-state index < -0.39 is 0 Å². The molecule has 3 nitrogen and oxygen atoms in total. The maximum absolute atomic E-state index is 8.64. The fourth-order valence-corrected chi connectivity index (χ4v) is 1.93. The van der Waals surface area contributed by atoms with Crippen LogP contribution in [0.2, 0.25) is 0 Å². The monoisotopic (exact) mass is 201 g/mol. The van der Waals surface area contributed by atoms with Crippen molar-refractivity contribution in [2.24, 2.45) is 5.73 Å². The van der Waals surface area contributed by atoms with Gasteiger partial charge in [-0.05, 0) is 19.4 Å². The van der Waals surface area contributed by atoms with E-state index >= 15 is 0 Å². The van der Waals surface area contributed by atoms with Crippen LogP contribution in [0.5, 0.6) is 0 Å². The molecule has 0 aliphatic rings. The highest BCUT2D eigenvalue weighted by Gasteiger charge is 2.05. The Kier molecular flexibility index (Phi) is 4.35. The van der Waals surface area contributed by atoms with Crippen molar-refractivity contribution in [2.75, 3.05) is 12.4 Å². The van der Waals surface area contributed by atoms with Gasteiger partial charge in [0.1, 0.15) is 5.76 Å². The molecule has 0 aliphatic heterocycles. The van der Waals surface area contributed by atoms with Crippen LogP contribution in [0.1, 0.15) is 12.2 Å². The molecule has 0 saturated carbocycles. The summed E-state index contributed by atoms with van der Waals surface area (Å²) in [5.41, 5.74) is 5.74. The van der Waals surface area contributed by atoms with Crippen LogP contribution < -0.4 is 5.73 Å². The summed E-state index contributed by atoms with van der Waals surface area (Å²) in [4.78, 5) is 1.13. The lowest BCUT2D eigenvalue weighted by Gasteiger charge is -2.07. The van der Waals surface area contributed by atoms with Gasteiger partial charge in [-0.1, -0.05) is 0 Å². The van der Waals surface area contributed by atoms with E-state index in [1.807, 2.05) is 13.0 Å². The first-order valence-electron chi connectivity index (χ1n) is 4.27. The van der Waals surface area contributed by atoms with Crippen molar-refractivity contribution < 1.29 is 9.52 Å². The number of hydrogen-bond acceptors (Lipinski definition) is 4. The SMILES string of the molecule is Cc1occc1SCC(N)CCO. The Balaban J connectivity index is 2.30. The lowest BCUT2D eigenvalue weighted by atomic mass is 10.3. The Morgan fingerprint density at radius 2 is 2.46 bits per heavy atom. The van der Waals surface area contributed by atoms with Crippen LogP contribution in [0, 0.1) is 6.92 Å². The molecule has 0 saturated heterocycles. The van der Waals surface area contributed by atoms with Gasteiger partial charge in [-0.25, -0.2) is 0 Å². The maximum atomic E-state index is 8.64. The molecule has 1 aromatic rings. The Hall–Kier alpha value is -0.450. The Morgan fingerprint density at radius 1 is 1.69 bits per heavy atom. The summed E-state index contributed by atoms with van der Waals surface area (Å²) >= 11 is 1.67. The zero-order valence-corrected chi connectivity index (χ0v) is 8.51. The second-order valence-electron chi connectivity index (χ2n) is 2.92. The summed E-state index contributed by atoms with van der Waals surface area (Å²) < 4.78 is 5.15. The molecule has 1 heterocycles. The van der Waals surface area contributed by atoms with Gasteiger partial charge < -0.3 is 15.3 Å². The molecular formula is C9H15NO2S. The number of nitrogens with two attached hydrogens (primary N) is 1. The average Bonchev–Trinajstić information content (AvgIpc) is 2.48. The zero-order chi connectivity index (χ0) is 9.68. The molecule has 1 rings (SSSR count). The second-order valence-corrected chi connectivity index (χ2v) is 3.99. The molecule has 0 radical (unpaired) electrons. The van der Waals surface area contributed by atoms with Crippen molar-refractivity contribution in [1.82, 2.24) is 0 Å². The minimum Gasteiger partial charge on any atom is -0.468 e. The first-order chi connectivity index (χ1) is 6.24. The minimum absolute atomic E-state index is 0.0595. The molecule has 74 valence electrons. The Bertz CT molecular complexity index is 250. The maximum Gasteiger partial charge on any atom is 0.114 e. The van der Waals surface area contributed by atoms with E-state index in [4.69, 9.17) is 15.3 Å². The van der Waals surface area contributed by atoms with Crippen LogP contribution in [0.3, 0.4) is 0 Å². The predicted molar refractivity (Wildman–Crippen MR) is 53.8 cm³/mol. The Morgan fingerprint density at radius 3 is 3.00 bits per heavy atom. The first kappa shape index (κ1) is 10.6. The highest BCUT2D eigenvalue weighted by atomic mass is 32.2. The van der Waals surface area contributed by atoms with E-state index in [0.717, 1.165) is 16.4 Å². The molecule has 0 fully saturated rings. The number of aliphatic hydroxyl groups is 1. The number of hydrogen-bond donors (Lipinski definition) is 2. The second kappa shape index (κ2) is 5.32.